The van der Waals surface area contributed by atoms with E-state index >= 15 is 0 Å². The first kappa shape index (κ1) is 15.0. The van der Waals surface area contributed by atoms with E-state index in [0.717, 1.165) is 18.1 Å². The van der Waals surface area contributed by atoms with Gasteiger partial charge < -0.3 is 14.9 Å². The van der Waals surface area contributed by atoms with E-state index in [0.29, 0.717) is 5.56 Å². The molecule has 2 rings (SSSR count). The highest BCUT2D eigenvalue weighted by Crippen LogP contribution is 2.29. The summed E-state index contributed by atoms with van der Waals surface area (Å²) in [5, 5.41) is 18.3. The first-order valence-electron chi connectivity index (χ1n) is 6.40. The van der Waals surface area contributed by atoms with Gasteiger partial charge in [-0.05, 0) is 16.7 Å². The molecule has 0 atom stereocenters. The Balaban J connectivity index is 2.37. The summed E-state index contributed by atoms with van der Waals surface area (Å²) in [7, 11) is 0. The lowest BCUT2D eigenvalue weighted by Crippen LogP contribution is -2.30. The molecule has 21 heavy (non-hydrogen) atoms. The molecule has 0 radical (unpaired) electrons. The number of hydrogen-bond donors (Lipinski definition) is 2. The summed E-state index contributed by atoms with van der Waals surface area (Å²) >= 11 is 0. The van der Waals surface area contributed by atoms with Gasteiger partial charge in [-0.25, -0.2) is 4.79 Å². The number of aliphatic hydroxyl groups is 2. The van der Waals surface area contributed by atoms with E-state index in [1.54, 1.807) is 12.1 Å². The predicted octanol–water partition coefficient (Wildman–Crippen LogP) is 2.57. The highest BCUT2D eigenvalue weighted by molar-refractivity contribution is 6.17. The number of benzene rings is 2. The zero-order chi connectivity index (χ0) is 15.5. The minimum atomic E-state index is -2.53. The topological polar surface area (TPSA) is 66.8 Å². The smallest absolute Gasteiger partial charge is 0.342 e. The van der Waals surface area contributed by atoms with Crippen LogP contribution >= 0.6 is 0 Å². The Bertz CT molecular complexity index is 654. The van der Waals surface area contributed by atoms with Gasteiger partial charge in [0.15, 0.2) is 0 Å². The second kappa shape index (κ2) is 5.91. The lowest BCUT2D eigenvalue weighted by atomic mass is 9.95. The molecule has 0 aliphatic heterocycles. The SMILES string of the molecule is C=C(C(=O)OC(C)(O)O)c1ccccc1-c1ccccc1. The summed E-state index contributed by atoms with van der Waals surface area (Å²) in [6, 6.07) is 16.7. The van der Waals surface area contributed by atoms with Crippen LogP contribution in [0, 0.1) is 0 Å². The molecule has 0 heterocycles. The number of esters is 1. The van der Waals surface area contributed by atoms with Crippen LogP contribution in [0.25, 0.3) is 16.7 Å². The highest BCUT2D eigenvalue weighted by atomic mass is 16.8. The average Bonchev–Trinajstić information content (AvgIpc) is 2.45. The molecule has 0 aromatic heterocycles. The summed E-state index contributed by atoms with van der Waals surface area (Å²) in [6.45, 7) is 4.66. The van der Waals surface area contributed by atoms with E-state index in [1.165, 1.54) is 0 Å². The first-order chi connectivity index (χ1) is 9.88. The summed E-state index contributed by atoms with van der Waals surface area (Å²) in [5.41, 5.74) is 2.39. The molecular weight excluding hydrogens is 268 g/mol. The molecular formula is C17H16O4. The molecule has 0 unspecified atom stereocenters. The van der Waals surface area contributed by atoms with E-state index in [2.05, 4.69) is 11.3 Å². The zero-order valence-corrected chi connectivity index (χ0v) is 11.6. The van der Waals surface area contributed by atoms with Crippen LogP contribution in [-0.4, -0.2) is 22.2 Å². The summed E-state index contributed by atoms with van der Waals surface area (Å²) in [5.74, 6) is -3.41. The Hall–Kier alpha value is -2.43. The molecule has 2 N–H and O–H groups in total. The zero-order valence-electron chi connectivity index (χ0n) is 11.6. The standard InChI is InChI=1S/C17H16O4/c1-12(16(18)21-17(2,19)20)14-10-6-7-11-15(14)13-8-4-3-5-9-13/h3-11,19-20H,1H2,2H3. The number of carbonyl (C=O) groups is 1. The summed E-state index contributed by atoms with van der Waals surface area (Å²) < 4.78 is 4.52. The highest BCUT2D eigenvalue weighted by Gasteiger charge is 2.24. The van der Waals surface area contributed by atoms with Gasteiger partial charge in [0, 0.05) is 6.92 Å². The molecule has 0 saturated carbocycles. The van der Waals surface area contributed by atoms with E-state index < -0.39 is 11.9 Å². The van der Waals surface area contributed by atoms with Gasteiger partial charge >= 0.3 is 11.9 Å². The first-order valence-corrected chi connectivity index (χ1v) is 6.40. The summed E-state index contributed by atoms with van der Waals surface area (Å²) in [4.78, 5) is 11.9. The molecule has 2 aromatic rings. The van der Waals surface area contributed by atoms with Gasteiger partial charge in [-0.3, -0.25) is 0 Å². The van der Waals surface area contributed by atoms with Crippen LogP contribution in [0.2, 0.25) is 0 Å². The third kappa shape index (κ3) is 3.78. The Labute approximate surface area is 122 Å². The van der Waals surface area contributed by atoms with Crippen LogP contribution in [0.5, 0.6) is 0 Å². The van der Waals surface area contributed by atoms with Gasteiger partial charge in [-0.15, -0.1) is 0 Å². The van der Waals surface area contributed by atoms with Crippen molar-refractivity contribution in [2.24, 2.45) is 0 Å². The fourth-order valence-electron chi connectivity index (χ4n) is 1.96. The Morgan fingerprint density at radius 1 is 1.05 bits per heavy atom. The van der Waals surface area contributed by atoms with Crippen molar-refractivity contribution in [3.63, 3.8) is 0 Å². The lowest BCUT2D eigenvalue weighted by Gasteiger charge is -2.18. The average molecular weight is 284 g/mol. The largest absolute Gasteiger partial charge is 0.405 e. The van der Waals surface area contributed by atoms with Gasteiger partial charge in [0.25, 0.3) is 0 Å². The predicted molar refractivity (Wildman–Crippen MR) is 79.8 cm³/mol. The van der Waals surface area contributed by atoms with E-state index in [4.69, 9.17) is 10.2 Å². The number of ether oxygens (including phenoxy) is 1. The molecule has 4 heteroatoms. The van der Waals surface area contributed by atoms with Crippen LogP contribution in [0.1, 0.15) is 12.5 Å². The van der Waals surface area contributed by atoms with Crippen molar-refractivity contribution in [2.45, 2.75) is 12.9 Å². The molecule has 108 valence electrons. The lowest BCUT2D eigenvalue weighted by molar-refractivity contribution is -0.303. The van der Waals surface area contributed by atoms with E-state index in [-0.39, 0.29) is 5.57 Å². The van der Waals surface area contributed by atoms with Gasteiger partial charge in [0.05, 0.1) is 5.57 Å². The number of hydrogen-bond acceptors (Lipinski definition) is 4. The second-order valence-corrected chi connectivity index (χ2v) is 4.71. The van der Waals surface area contributed by atoms with Crippen LogP contribution in [0.4, 0.5) is 0 Å². The third-order valence-corrected chi connectivity index (χ3v) is 2.87. The Kier molecular flexibility index (Phi) is 4.21. The number of rotatable bonds is 4. The molecule has 0 bridgehead atoms. The molecule has 0 fully saturated rings. The summed E-state index contributed by atoms with van der Waals surface area (Å²) in [6.07, 6.45) is 0. The maximum absolute atomic E-state index is 11.9. The van der Waals surface area contributed by atoms with Crippen molar-refractivity contribution in [1.82, 2.24) is 0 Å². The van der Waals surface area contributed by atoms with Crippen molar-refractivity contribution in [3.05, 3.63) is 66.7 Å². The number of carbonyl (C=O) groups excluding carboxylic acids is 1. The normalized spacial score (nSPS) is 11.0. The fraction of sp³-hybridized carbons (Fsp3) is 0.118. The monoisotopic (exact) mass is 284 g/mol. The van der Waals surface area contributed by atoms with Gasteiger partial charge in [0.2, 0.25) is 0 Å². The van der Waals surface area contributed by atoms with Crippen molar-refractivity contribution < 1.29 is 19.7 Å². The van der Waals surface area contributed by atoms with Crippen molar-refractivity contribution in [3.8, 4) is 11.1 Å². The molecule has 0 saturated heterocycles. The van der Waals surface area contributed by atoms with Gasteiger partial charge in [-0.1, -0.05) is 61.2 Å². The van der Waals surface area contributed by atoms with Crippen LogP contribution in [-0.2, 0) is 9.53 Å². The molecule has 0 aliphatic carbocycles. The molecule has 0 spiro atoms. The molecule has 0 amide bonds. The maximum atomic E-state index is 11.9. The molecule has 4 nitrogen and oxygen atoms in total. The fourth-order valence-corrected chi connectivity index (χ4v) is 1.96. The minimum Gasteiger partial charge on any atom is -0.405 e. The van der Waals surface area contributed by atoms with Crippen LogP contribution in [0.15, 0.2) is 61.2 Å². The van der Waals surface area contributed by atoms with Crippen molar-refractivity contribution >= 4 is 11.5 Å². The second-order valence-electron chi connectivity index (χ2n) is 4.71. The Morgan fingerprint density at radius 3 is 2.24 bits per heavy atom. The quantitative estimate of drug-likeness (QED) is 0.514. The Morgan fingerprint density at radius 2 is 1.62 bits per heavy atom. The van der Waals surface area contributed by atoms with Gasteiger partial charge in [0.1, 0.15) is 0 Å². The van der Waals surface area contributed by atoms with Crippen LogP contribution in [0.3, 0.4) is 0 Å². The molecule has 0 aliphatic rings. The van der Waals surface area contributed by atoms with E-state index in [9.17, 15) is 4.79 Å². The van der Waals surface area contributed by atoms with Crippen molar-refractivity contribution in [1.29, 1.82) is 0 Å². The van der Waals surface area contributed by atoms with Crippen LogP contribution < -0.4 is 0 Å². The third-order valence-electron chi connectivity index (χ3n) is 2.87. The molecule has 2 aromatic carbocycles. The minimum absolute atomic E-state index is 0.0591. The van der Waals surface area contributed by atoms with Gasteiger partial charge in [-0.2, -0.15) is 0 Å². The van der Waals surface area contributed by atoms with Crippen molar-refractivity contribution in [2.75, 3.05) is 0 Å². The maximum Gasteiger partial charge on any atom is 0.342 e. The van der Waals surface area contributed by atoms with E-state index in [1.807, 2.05) is 42.5 Å².